The highest BCUT2D eigenvalue weighted by molar-refractivity contribution is 6.29. The van der Waals surface area contributed by atoms with Crippen LogP contribution in [0.1, 0.15) is 94.9 Å². The van der Waals surface area contributed by atoms with E-state index < -0.39 is 261 Å². The molecule has 4 spiro atoms. The maximum absolute atomic E-state index is 15.5. The Bertz CT molecular complexity index is 4030. The molecular weight excluding hydrogens is 1420 g/mol. The largest absolute Gasteiger partial charge is 0.507 e. The molecule has 0 amide bonds. The summed E-state index contributed by atoms with van der Waals surface area (Å²) in [4.78, 5) is 120. The Morgan fingerprint density at radius 3 is 0.981 bits per heavy atom. The maximum atomic E-state index is 15.5. The van der Waals surface area contributed by atoms with Crippen LogP contribution in [0.25, 0.3) is 0 Å². The summed E-state index contributed by atoms with van der Waals surface area (Å²) in [6.07, 6.45) is -0.393. The number of ketones is 4. The zero-order valence-corrected chi connectivity index (χ0v) is 61.0. The minimum atomic E-state index is -2.28. The average Bonchev–Trinajstić information content (AvgIpc) is 1.55. The molecule has 584 valence electrons. The number of aliphatic hydroxyl groups is 14. The van der Waals surface area contributed by atoms with Crippen LogP contribution in [0.4, 0.5) is 0 Å². The number of aliphatic hydroxyl groups excluding tert-OH is 14. The third-order valence-electron chi connectivity index (χ3n) is 24.0. The van der Waals surface area contributed by atoms with Crippen LogP contribution in [0.3, 0.4) is 0 Å². The van der Waals surface area contributed by atoms with E-state index in [-0.39, 0.29) is 36.8 Å². The molecule has 6 saturated heterocycles. The quantitative estimate of drug-likeness (QED) is 0.0646. The van der Waals surface area contributed by atoms with Gasteiger partial charge in [0.2, 0.25) is 23.1 Å². The number of rotatable bonds is 10. The lowest BCUT2D eigenvalue weighted by molar-refractivity contribution is -0.299. The van der Waals surface area contributed by atoms with Crippen molar-refractivity contribution in [3.63, 3.8) is 0 Å². The molecule has 0 aromatic carbocycles. The third kappa shape index (κ3) is 12.7. The molecule has 0 radical (unpaired) electrons. The van der Waals surface area contributed by atoms with Crippen LogP contribution in [0.15, 0.2) is 164 Å². The van der Waals surface area contributed by atoms with Gasteiger partial charge in [-0.2, -0.15) is 0 Å². The fraction of sp³-hybridized carbons (Fsp3) is 0.538. The summed E-state index contributed by atoms with van der Waals surface area (Å²) in [5, 5.41) is 154. The summed E-state index contributed by atoms with van der Waals surface area (Å²) >= 11 is 0. The molecule has 0 saturated carbocycles. The first-order chi connectivity index (χ1) is 50.6. The molecule has 11 aliphatic rings. The maximum Gasteiger partial charge on any atom is 0.346 e. The fourth-order valence-electron chi connectivity index (χ4n) is 17.0. The monoisotopic (exact) mass is 1510 g/mol. The summed E-state index contributed by atoms with van der Waals surface area (Å²) in [5.74, 6) is -16.4. The number of allylic oxidation sites excluding steroid dienone is 8. The van der Waals surface area contributed by atoms with Gasteiger partial charge in [0.1, 0.15) is 94.2 Å². The number of hydrogen-bond acceptors (Lipinski definition) is 30. The smallest absolute Gasteiger partial charge is 0.346 e. The van der Waals surface area contributed by atoms with Gasteiger partial charge in [-0.05, 0) is 111 Å². The van der Waals surface area contributed by atoms with E-state index in [2.05, 4.69) is 0 Å². The van der Waals surface area contributed by atoms with Crippen molar-refractivity contribution in [2.45, 2.75) is 179 Å². The second-order valence-electron chi connectivity index (χ2n) is 31.0. The Labute approximate surface area is 619 Å². The number of fused-ring (bicyclic) bond motifs is 4. The number of ether oxygens (including phenoxy) is 8. The fourth-order valence-corrected chi connectivity index (χ4v) is 17.0. The van der Waals surface area contributed by atoms with E-state index in [9.17, 15) is 90.7 Å². The standard InChI is InChI=1S/C78H92O30/c1-35-13-11-17-71(7)27-43(33-101-69-59(91)57(89)55(87)47(31-81)103-69)39(5)23-75(71)61(93)49(65(97)105-75)46(84)16-20-74(10)26-42(30-80)38(4)22-78(74)64(96)52(68(100)108-78)54(86)36(2)14-12-18-72(8)28-44(34-102-70-60(92)58(90)56(88)48(32-82)104-70)40(6)24-76(72)62(94)50(66(98)106-76)45(83)15-19-73(9)25-41(29-79)37(3)21-77(73)63(95)51(53(35)85)67(99)107-77/h11-20,25-28,37-40,47-48,55-60,69-70,79-92H,21-24,29-34H2,1-10H3/b17-11+,18-12+,19-15+,20-16+,35-13+,36-14+,49-46?,50-45?,53-51?,54-52?/t37-,38-,39-,40-,47-,48+,55-,56-,57-,58-,59-,60-,69-,70-,71-,72+,73-,74-,75+,76+,77-,78-/m1/s1. The Balaban J connectivity index is 1.07. The van der Waals surface area contributed by atoms with Crippen LogP contribution in [0.2, 0.25) is 0 Å². The number of carbonyl (C=O) groups is 8. The van der Waals surface area contributed by atoms with Crippen LogP contribution < -0.4 is 0 Å². The Morgan fingerprint density at radius 1 is 0.398 bits per heavy atom. The molecule has 11 rings (SSSR count). The number of Topliss-reactive ketones (excluding diaryl/α,β-unsaturated/α-hetero) is 4. The molecule has 0 aromatic heterocycles. The van der Waals surface area contributed by atoms with Crippen LogP contribution in [0, 0.1) is 45.3 Å². The highest BCUT2D eigenvalue weighted by atomic mass is 16.7. The second-order valence-corrected chi connectivity index (χ2v) is 31.0. The van der Waals surface area contributed by atoms with Gasteiger partial charge in [-0.3, -0.25) is 19.2 Å². The van der Waals surface area contributed by atoms with Crippen molar-refractivity contribution >= 4 is 47.0 Å². The van der Waals surface area contributed by atoms with E-state index in [1.54, 1.807) is 27.7 Å². The molecule has 5 aliphatic carbocycles. The third-order valence-corrected chi connectivity index (χ3v) is 24.0. The minimum Gasteiger partial charge on any atom is -0.507 e. The zero-order valence-electron chi connectivity index (χ0n) is 61.0. The molecule has 22 atom stereocenters. The molecule has 14 N–H and O–H groups in total. The van der Waals surface area contributed by atoms with E-state index >= 15 is 19.2 Å². The van der Waals surface area contributed by atoms with Crippen LogP contribution in [-0.2, 0) is 76.3 Å². The summed E-state index contributed by atoms with van der Waals surface area (Å²) in [7, 11) is 0. The van der Waals surface area contributed by atoms with E-state index in [1.165, 1.54) is 114 Å². The molecule has 6 fully saturated rings. The Hall–Kier alpha value is -8.44. The van der Waals surface area contributed by atoms with E-state index in [0.717, 1.165) is 12.2 Å². The molecule has 0 unspecified atom stereocenters. The Morgan fingerprint density at radius 2 is 0.676 bits per heavy atom. The van der Waals surface area contributed by atoms with Gasteiger partial charge in [-0.1, -0.05) is 101 Å². The normalized spacial score (nSPS) is 43.4. The van der Waals surface area contributed by atoms with Crippen molar-refractivity contribution in [1.29, 1.82) is 0 Å². The van der Waals surface area contributed by atoms with Crippen molar-refractivity contribution in [3.8, 4) is 0 Å². The summed E-state index contributed by atoms with van der Waals surface area (Å²) in [6.45, 7) is 11.3. The molecule has 30 heteroatoms. The minimum absolute atomic E-state index is 0.175. The van der Waals surface area contributed by atoms with Gasteiger partial charge >= 0.3 is 23.9 Å². The van der Waals surface area contributed by atoms with Crippen molar-refractivity contribution < 1.29 is 148 Å². The Kier molecular flexibility index (Phi) is 21.7. The zero-order chi connectivity index (χ0) is 79.4. The number of hydrogen-bond donors (Lipinski definition) is 14. The van der Waals surface area contributed by atoms with Crippen molar-refractivity contribution in [3.05, 3.63) is 164 Å². The molecule has 108 heavy (non-hydrogen) atoms. The van der Waals surface area contributed by atoms with Gasteiger partial charge in [0.15, 0.2) is 35.0 Å². The van der Waals surface area contributed by atoms with E-state index in [4.69, 9.17) is 37.9 Å². The predicted octanol–water partition coefficient (Wildman–Crippen LogP) is 2.33. The SMILES string of the molecule is C/C1=C\C=C\[C@@]2(C)C=C(CO[C@@H]3O[C@@H](CO)[C@@H](O)[C@@H](O)[C@H]3O)[C@H](C)C[C@@]23OC(=O)C(=C(O)/C=C/[C@]2(C)C=C(CO)[C@H](C)C[C@]24OC(=O)C(=C(O)/C(C)=C/C=C/[C@]2(C)C=C(CO[C@@H]5O[C@H](CO)[C@@H](O)[C@@H](O)[C@H]5O)[C@H](C)C[C@@]25OC(=O)C(=C(O)/C=C/[C@]2(C)C=C(CO)[C@H](C)C[C@]26OC(=O)C(=C1O)C6=O)C5=O)C4=O)C3=O. The van der Waals surface area contributed by atoms with Crippen molar-refractivity contribution in [2.75, 3.05) is 39.6 Å². The molecule has 30 nitrogen and oxygen atoms in total. The molecular formula is C78H92O30. The topological polar surface area (TPSA) is 494 Å². The van der Waals surface area contributed by atoms with Gasteiger partial charge in [0, 0.05) is 25.7 Å². The van der Waals surface area contributed by atoms with Crippen LogP contribution in [0.5, 0.6) is 0 Å². The second kappa shape index (κ2) is 29.1. The lowest BCUT2D eigenvalue weighted by atomic mass is 9.60. The highest BCUT2D eigenvalue weighted by Crippen LogP contribution is 2.59. The number of carbonyl (C=O) groups excluding carboxylic acids is 8. The van der Waals surface area contributed by atoms with Gasteiger partial charge in [-0.25, -0.2) is 19.2 Å². The molecule has 0 aromatic rings. The predicted molar refractivity (Wildman–Crippen MR) is 372 cm³/mol. The average molecular weight is 1510 g/mol. The van der Waals surface area contributed by atoms with Gasteiger partial charge < -0.3 is 109 Å². The first-order valence-electron chi connectivity index (χ1n) is 35.5. The van der Waals surface area contributed by atoms with Gasteiger partial charge in [0.05, 0.1) is 61.3 Å². The number of esters is 4. The van der Waals surface area contributed by atoms with Gasteiger partial charge in [0.25, 0.3) is 0 Å². The van der Waals surface area contributed by atoms with E-state index in [0.29, 0.717) is 22.3 Å². The molecule has 6 heterocycles. The highest BCUT2D eigenvalue weighted by Gasteiger charge is 2.69. The van der Waals surface area contributed by atoms with Crippen molar-refractivity contribution in [1.82, 2.24) is 0 Å². The van der Waals surface area contributed by atoms with E-state index in [1.807, 2.05) is 0 Å². The van der Waals surface area contributed by atoms with Gasteiger partial charge in [-0.15, -0.1) is 0 Å². The van der Waals surface area contributed by atoms with Crippen LogP contribution in [-0.4, -0.2) is 242 Å². The molecule has 6 aliphatic heterocycles. The molecule has 8 bridgehead atoms. The summed E-state index contributed by atoms with van der Waals surface area (Å²) in [6, 6.07) is 0. The lowest BCUT2D eigenvalue weighted by Crippen LogP contribution is -2.59. The summed E-state index contributed by atoms with van der Waals surface area (Å²) in [5.41, 5.74) is -19.0. The first-order valence-corrected chi connectivity index (χ1v) is 35.5. The van der Waals surface area contributed by atoms with Crippen molar-refractivity contribution in [2.24, 2.45) is 45.3 Å². The summed E-state index contributed by atoms with van der Waals surface area (Å²) < 4.78 is 47.6. The first kappa shape index (κ1) is 80.6. The van der Waals surface area contributed by atoms with Crippen LogP contribution >= 0.6 is 0 Å². The lowest BCUT2D eigenvalue weighted by Gasteiger charge is -2.46.